The minimum atomic E-state index is -0.831. The molecule has 1 aliphatic heterocycles. The Morgan fingerprint density at radius 3 is 2.57 bits per heavy atom. The van der Waals surface area contributed by atoms with Crippen molar-refractivity contribution in [3.63, 3.8) is 0 Å². The quantitative estimate of drug-likeness (QED) is 0.808. The predicted octanol–water partition coefficient (Wildman–Crippen LogP) is 1.76. The van der Waals surface area contributed by atoms with Gasteiger partial charge in [0.15, 0.2) is 0 Å². The van der Waals surface area contributed by atoms with Crippen molar-refractivity contribution in [2.24, 2.45) is 0 Å². The molecule has 0 bridgehead atoms. The van der Waals surface area contributed by atoms with E-state index in [1.165, 1.54) is 0 Å². The van der Waals surface area contributed by atoms with Crippen LogP contribution in [0.5, 0.6) is 5.75 Å². The van der Waals surface area contributed by atoms with Crippen LogP contribution in [0.15, 0.2) is 22.7 Å². The molecular formula is C16H21BrN2O4. The number of benzene rings is 1. The molecule has 1 amide bonds. The number of halogens is 1. The lowest BCUT2D eigenvalue weighted by atomic mass is 10.2. The normalized spacial score (nSPS) is 15.5. The predicted molar refractivity (Wildman–Crippen MR) is 89.6 cm³/mol. The van der Waals surface area contributed by atoms with Crippen molar-refractivity contribution < 1.29 is 19.4 Å². The Balaban J connectivity index is 1.71. The summed E-state index contributed by atoms with van der Waals surface area (Å²) in [6, 6.07) is 5.72. The van der Waals surface area contributed by atoms with Gasteiger partial charge >= 0.3 is 5.97 Å². The molecule has 1 aliphatic rings. The van der Waals surface area contributed by atoms with E-state index in [4.69, 9.17) is 9.84 Å². The van der Waals surface area contributed by atoms with E-state index in [-0.39, 0.29) is 12.5 Å². The fourth-order valence-electron chi connectivity index (χ4n) is 2.47. The highest BCUT2D eigenvalue weighted by atomic mass is 79.9. The summed E-state index contributed by atoms with van der Waals surface area (Å²) in [4.78, 5) is 26.4. The second-order valence-corrected chi connectivity index (χ2v) is 6.41. The van der Waals surface area contributed by atoms with E-state index in [2.05, 4.69) is 15.9 Å². The van der Waals surface area contributed by atoms with Gasteiger partial charge in [-0.05, 0) is 30.7 Å². The number of hydrogen-bond donors (Lipinski definition) is 1. The maximum Gasteiger partial charge on any atom is 0.317 e. The molecule has 0 aliphatic carbocycles. The Morgan fingerprint density at radius 2 is 1.96 bits per heavy atom. The van der Waals surface area contributed by atoms with Crippen molar-refractivity contribution in [1.29, 1.82) is 0 Å². The number of amides is 1. The molecule has 1 aromatic carbocycles. The van der Waals surface area contributed by atoms with Crippen LogP contribution in [0.2, 0.25) is 0 Å². The van der Waals surface area contributed by atoms with Crippen LogP contribution in [-0.2, 0) is 9.59 Å². The van der Waals surface area contributed by atoms with E-state index in [0.717, 1.165) is 15.8 Å². The smallest absolute Gasteiger partial charge is 0.317 e. The molecule has 1 saturated heterocycles. The zero-order valence-corrected chi connectivity index (χ0v) is 14.7. The van der Waals surface area contributed by atoms with Gasteiger partial charge in [-0.15, -0.1) is 0 Å². The summed E-state index contributed by atoms with van der Waals surface area (Å²) in [6.07, 6.45) is 0.327. The van der Waals surface area contributed by atoms with Crippen molar-refractivity contribution in [3.8, 4) is 5.75 Å². The second-order valence-electron chi connectivity index (χ2n) is 5.56. The lowest BCUT2D eigenvalue weighted by Gasteiger charge is -2.33. The number of hydrogen-bond acceptors (Lipinski definition) is 4. The van der Waals surface area contributed by atoms with Crippen molar-refractivity contribution in [1.82, 2.24) is 9.80 Å². The SMILES string of the molecule is Cc1cc(OCCC(=O)N2CCN(CC(=O)O)CC2)ccc1Br. The average molecular weight is 385 g/mol. The summed E-state index contributed by atoms with van der Waals surface area (Å²) in [5.41, 5.74) is 1.09. The zero-order chi connectivity index (χ0) is 16.8. The second kappa shape index (κ2) is 8.31. The standard InChI is InChI=1S/C16H21BrN2O4/c1-12-10-13(2-3-14(12)17)23-9-4-15(20)19-7-5-18(6-8-19)11-16(21)22/h2-3,10H,4-9,11H2,1H3,(H,21,22). The Hall–Kier alpha value is -1.60. The molecule has 1 aromatic rings. The van der Waals surface area contributed by atoms with Crippen LogP contribution in [0.25, 0.3) is 0 Å². The van der Waals surface area contributed by atoms with Crippen LogP contribution in [0.3, 0.4) is 0 Å². The molecule has 0 unspecified atom stereocenters. The van der Waals surface area contributed by atoms with Crippen molar-refractivity contribution in [2.45, 2.75) is 13.3 Å². The Kier molecular flexibility index (Phi) is 6.41. The van der Waals surface area contributed by atoms with Gasteiger partial charge in [0, 0.05) is 30.7 Å². The molecule has 6 nitrogen and oxygen atoms in total. The maximum atomic E-state index is 12.1. The molecule has 23 heavy (non-hydrogen) atoms. The molecular weight excluding hydrogens is 364 g/mol. The van der Waals surface area contributed by atoms with Gasteiger partial charge in [-0.1, -0.05) is 15.9 Å². The first-order valence-electron chi connectivity index (χ1n) is 7.56. The summed E-state index contributed by atoms with van der Waals surface area (Å²) in [5.74, 6) is -0.0263. The lowest BCUT2D eigenvalue weighted by molar-refractivity contribution is -0.139. The third-order valence-corrected chi connectivity index (χ3v) is 4.69. The molecule has 126 valence electrons. The van der Waals surface area contributed by atoms with Gasteiger partial charge < -0.3 is 14.7 Å². The third-order valence-electron chi connectivity index (χ3n) is 3.80. The lowest BCUT2D eigenvalue weighted by Crippen LogP contribution is -2.50. The molecule has 1 heterocycles. The van der Waals surface area contributed by atoms with Gasteiger partial charge in [0.1, 0.15) is 5.75 Å². The average Bonchev–Trinajstić information content (AvgIpc) is 2.51. The molecule has 0 aromatic heterocycles. The topological polar surface area (TPSA) is 70.1 Å². The van der Waals surface area contributed by atoms with E-state index in [0.29, 0.717) is 39.2 Å². The summed E-state index contributed by atoms with van der Waals surface area (Å²) < 4.78 is 6.65. The van der Waals surface area contributed by atoms with E-state index in [1.807, 2.05) is 30.0 Å². The van der Waals surface area contributed by atoms with Crippen LogP contribution in [0.4, 0.5) is 0 Å². The first-order valence-corrected chi connectivity index (χ1v) is 8.36. The number of carbonyl (C=O) groups is 2. The molecule has 0 atom stereocenters. The highest BCUT2D eigenvalue weighted by Gasteiger charge is 2.21. The van der Waals surface area contributed by atoms with Gasteiger partial charge in [0.05, 0.1) is 19.6 Å². The van der Waals surface area contributed by atoms with Crippen LogP contribution < -0.4 is 4.74 Å². The van der Waals surface area contributed by atoms with Gasteiger partial charge in [-0.3, -0.25) is 14.5 Å². The molecule has 0 saturated carbocycles. The van der Waals surface area contributed by atoms with Crippen molar-refractivity contribution >= 4 is 27.8 Å². The summed E-state index contributed by atoms with van der Waals surface area (Å²) in [7, 11) is 0. The number of aliphatic carboxylic acids is 1. The van der Waals surface area contributed by atoms with Crippen LogP contribution in [0, 0.1) is 6.92 Å². The number of ether oxygens (including phenoxy) is 1. The first kappa shape index (κ1) is 17.7. The maximum absolute atomic E-state index is 12.1. The number of carboxylic acids is 1. The Morgan fingerprint density at radius 1 is 1.26 bits per heavy atom. The van der Waals surface area contributed by atoms with Gasteiger partial charge in [-0.25, -0.2) is 0 Å². The summed E-state index contributed by atoms with van der Waals surface area (Å²) in [6.45, 7) is 4.71. The van der Waals surface area contributed by atoms with Gasteiger partial charge in [0.25, 0.3) is 0 Å². The van der Waals surface area contributed by atoms with Crippen LogP contribution in [-0.4, -0.2) is 66.1 Å². The molecule has 1 N–H and O–H groups in total. The monoisotopic (exact) mass is 384 g/mol. The van der Waals surface area contributed by atoms with E-state index in [9.17, 15) is 9.59 Å². The molecule has 7 heteroatoms. The van der Waals surface area contributed by atoms with Gasteiger partial charge in [-0.2, -0.15) is 0 Å². The largest absolute Gasteiger partial charge is 0.493 e. The Labute approximate surface area is 144 Å². The fraction of sp³-hybridized carbons (Fsp3) is 0.500. The highest BCUT2D eigenvalue weighted by molar-refractivity contribution is 9.10. The van der Waals surface area contributed by atoms with Crippen molar-refractivity contribution in [2.75, 3.05) is 39.3 Å². The first-order chi connectivity index (χ1) is 11.0. The van der Waals surface area contributed by atoms with E-state index in [1.54, 1.807) is 4.90 Å². The third kappa shape index (κ3) is 5.51. The van der Waals surface area contributed by atoms with Crippen LogP contribution in [0.1, 0.15) is 12.0 Å². The Bertz CT molecular complexity index is 571. The minimum absolute atomic E-state index is 0.0358. The number of nitrogens with zero attached hydrogens (tertiary/aromatic N) is 2. The van der Waals surface area contributed by atoms with Crippen molar-refractivity contribution in [3.05, 3.63) is 28.2 Å². The van der Waals surface area contributed by atoms with E-state index < -0.39 is 5.97 Å². The molecule has 0 spiro atoms. The fourth-order valence-corrected chi connectivity index (χ4v) is 2.71. The molecule has 2 rings (SSSR count). The van der Waals surface area contributed by atoms with Gasteiger partial charge in [0.2, 0.25) is 5.91 Å². The zero-order valence-electron chi connectivity index (χ0n) is 13.1. The van der Waals surface area contributed by atoms with Crippen LogP contribution >= 0.6 is 15.9 Å². The number of carbonyl (C=O) groups excluding carboxylic acids is 1. The summed E-state index contributed by atoms with van der Waals surface area (Å²) in [5, 5.41) is 8.76. The summed E-state index contributed by atoms with van der Waals surface area (Å²) >= 11 is 3.44. The number of rotatable bonds is 6. The minimum Gasteiger partial charge on any atom is -0.493 e. The molecule has 0 radical (unpaired) electrons. The number of piperazine rings is 1. The number of aryl methyl sites for hydroxylation is 1. The highest BCUT2D eigenvalue weighted by Crippen LogP contribution is 2.21. The molecule has 1 fully saturated rings. The van der Waals surface area contributed by atoms with E-state index >= 15 is 0 Å². The number of carboxylic acid groups (broad SMARTS) is 1.